The minimum Gasteiger partial charge on any atom is -0.507 e. The fourth-order valence-corrected chi connectivity index (χ4v) is 3.71. The van der Waals surface area contributed by atoms with Crippen molar-refractivity contribution in [1.82, 2.24) is 10.4 Å². The molecule has 0 spiro atoms. The third-order valence-electron chi connectivity index (χ3n) is 5.47. The van der Waals surface area contributed by atoms with Crippen molar-refractivity contribution in [1.29, 1.82) is 0 Å². The molecule has 4 rings (SSSR count). The highest BCUT2D eigenvalue weighted by Gasteiger charge is 2.15. The van der Waals surface area contributed by atoms with Crippen LogP contribution in [0.15, 0.2) is 70.2 Å². The molecule has 1 amide bonds. The van der Waals surface area contributed by atoms with Gasteiger partial charge in [-0.05, 0) is 57.2 Å². The Bertz CT molecular complexity index is 1320. The zero-order valence-electron chi connectivity index (χ0n) is 18.9. The molecule has 0 saturated carbocycles. The molecule has 0 fully saturated rings. The molecule has 2 aromatic heterocycles. The summed E-state index contributed by atoms with van der Waals surface area (Å²) in [7, 11) is 0. The van der Waals surface area contributed by atoms with Gasteiger partial charge in [-0.3, -0.25) is 4.79 Å². The number of aromatic nitrogens is 1. The van der Waals surface area contributed by atoms with Crippen LogP contribution in [0, 0.1) is 6.92 Å². The molecule has 0 bridgehead atoms. The van der Waals surface area contributed by atoms with Crippen LogP contribution in [0.2, 0.25) is 0 Å². The maximum Gasteiger partial charge on any atom is 0.272 e. The standard InChI is InChI=1S/C26H26N4O3/c1-4-30(5-2)19-12-11-18(24(31)14-19)16-27-29-26(32)21-15-23(25-13-10-17(3)33-25)28-22-9-7-6-8-20(21)22/h6-16,31H,4-5H2,1-3H3,(H,29,32)/b27-16-. The van der Waals surface area contributed by atoms with Crippen LogP contribution in [0.5, 0.6) is 5.75 Å². The fourth-order valence-electron chi connectivity index (χ4n) is 3.71. The van der Waals surface area contributed by atoms with Gasteiger partial charge in [0.15, 0.2) is 5.76 Å². The summed E-state index contributed by atoms with van der Waals surface area (Å²) in [5.41, 5.74) is 5.69. The van der Waals surface area contributed by atoms with Gasteiger partial charge in [-0.1, -0.05) is 18.2 Å². The number of amides is 1. The largest absolute Gasteiger partial charge is 0.507 e. The Morgan fingerprint density at radius 1 is 1.12 bits per heavy atom. The monoisotopic (exact) mass is 442 g/mol. The molecule has 0 saturated heterocycles. The molecule has 2 heterocycles. The van der Waals surface area contributed by atoms with Crippen LogP contribution >= 0.6 is 0 Å². The first-order valence-electron chi connectivity index (χ1n) is 10.9. The van der Waals surface area contributed by atoms with E-state index in [4.69, 9.17) is 4.42 Å². The van der Waals surface area contributed by atoms with Gasteiger partial charge in [-0.15, -0.1) is 0 Å². The second-order valence-electron chi connectivity index (χ2n) is 7.60. The smallest absolute Gasteiger partial charge is 0.272 e. The van der Waals surface area contributed by atoms with E-state index in [9.17, 15) is 9.90 Å². The topological polar surface area (TPSA) is 91.0 Å². The van der Waals surface area contributed by atoms with Gasteiger partial charge in [-0.25, -0.2) is 10.4 Å². The predicted octanol–water partition coefficient (Wildman–Crippen LogP) is 5.12. The predicted molar refractivity (Wildman–Crippen MR) is 131 cm³/mol. The quantitative estimate of drug-likeness (QED) is 0.306. The number of phenols is 1. The van der Waals surface area contributed by atoms with Crippen LogP contribution in [0.25, 0.3) is 22.4 Å². The second-order valence-corrected chi connectivity index (χ2v) is 7.60. The molecule has 33 heavy (non-hydrogen) atoms. The number of benzene rings is 2. The maximum absolute atomic E-state index is 13.0. The van der Waals surface area contributed by atoms with Crippen molar-refractivity contribution < 1.29 is 14.3 Å². The van der Waals surface area contributed by atoms with Gasteiger partial charge in [-0.2, -0.15) is 5.10 Å². The lowest BCUT2D eigenvalue weighted by atomic mass is 10.1. The molecule has 0 aliphatic carbocycles. The highest BCUT2D eigenvalue weighted by Crippen LogP contribution is 2.26. The van der Waals surface area contributed by atoms with Gasteiger partial charge in [0.2, 0.25) is 0 Å². The third kappa shape index (κ3) is 4.72. The van der Waals surface area contributed by atoms with Crippen molar-refractivity contribution in [2.75, 3.05) is 18.0 Å². The van der Waals surface area contributed by atoms with Crippen LogP contribution in [-0.4, -0.2) is 35.3 Å². The Morgan fingerprint density at radius 3 is 2.61 bits per heavy atom. The van der Waals surface area contributed by atoms with Crippen molar-refractivity contribution >= 4 is 28.7 Å². The minimum absolute atomic E-state index is 0.0993. The number of para-hydroxylation sites is 1. The summed E-state index contributed by atoms with van der Waals surface area (Å²) < 4.78 is 5.69. The lowest BCUT2D eigenvalue weighted by Gasteiger charge is -2.21. The first-order valence-corrected chi connectivity index (χ1v) is 10.9. The first kappa shape index (κ1) is 22.1. The number of nitrogens with one attached hydrogen (secondary N) is 1. The lowest BCUT2D eigenvalue weighted by Crippen LogP contribution is -2.21. The summed E-state index contributed by atoms with van der Waals surface area (Å²) in [5.74, 6) is 1.08. The Morgan fingerprint density at radius 2 is 1.91 bits per heavy atom. The third-order valence-corrected chi connectivity index (χ3v) is 5.47. The Balaban J connectivity index is 1.59. The number of aromatic hydroxyl groups is 1. The van der Waals surface area contributed by atoms with E-state index in [-0.39, 0.29) is 11.7 Å². The summed E-state index contributed by atoms with van der Waals surface area (Å²) in [6.07, 6.45) is 1.43. The van der Waals surface area contributed by atoms with Crippen molar-refractivity contribution in [2.24, 2.45) is 5.10 Å². The Hall–Kier alpha value is -4.13. The van der Waals surface area contributed by atoms with E-state index in [1.54, 1.807) is 18.2 Å². The van der Waals surface area contributed by atoms with E-state index in [2.05, 4.69) is 34.3 Å². The molecule has 2 aromatic carbocycles. The minimum atomic E-state index is -0.381. The van der Waals surface area contributed by atoms with Crippen LogP contribution < -0.4 is 10.3 Å². The van der Waals surface area contributed by atoms with E-state index in [1.165, 1.54) is 6.21 Å². The number of anilines is 1. The van der Waals surface area contributed by atoms with Crippen LogP contribution in [0.4, 0.5) is 5.69 Å². The SMILES string of the molecule is CCN(CC)c1ccc(/C=N\NC(=O)c2cc(-c3ccc(C)o3)nc3ccccc23)c(O)c1. The Labute approximate surface area is 192 Å². The Kier molecular flexibility index (Phi) is 6.40. The molecule has 2 N–H and O–H groups in total. The number of rotatable bonds is 7. The van der Waals surface area contributed by atoms with Gasteiger partial charge in [0.05, 0.1) is 17.3 Å². The number of nitrogens with zero attached hydrogens (tertiary/aromatic N) is 3. The number of hydrogen-bond acceptors (Lipinski definition) is 6. The molecule has 0 aliphatic heterocycles. The highest BCUT2D eigenvalue weighted by molar-refractivity contribution is 6.07. The molecule has 0 unspecified atom stereocenters. The number of fused-ring (bicyclic) bond motifs is 1. The van der Waals surface area contributed by atoms with Gasteiger partial charge in [0.1, 0.15) is 17.2 Å². The number of hydrazone groups is 1. The molecular formula is C26H26N4O3. The summed E-state index contributed by atoms with van der Waals surface area (Å²) in [5, 5.41) is 15.1. The summed E-state index contributed by atoms with van der Waals surface area (Å²) >= 11 is 0. The zero-order valence-corrected chi connectivity index (χ0v) is 18.9. The number of aryl methyl sites for hydroxylation is 1. The van der Waals surface area contributed by atoms with Gasteiger partial charge in [0.25, 0.3) is 5.91 Å². The van der Waals surface area contributed by atoms with Crippen LogP contribution in [0.3, 0.4) is 0 Å². The van der Waals surface area contributed by atoms with E-state index >= 15 is 0 Å². The summed E-state index contributed by atoms with van der Waals surface area (Å²) in [6.45, 7) is 7.67. The number of hydrogen-bond donors (Lipinski definition) is 2. The van der Waals surface area contributed by atoms with Crippen molar-refractivity contribution in [3.05, 3.63) is 77.6 Å². The first-order chi connectivity index (χ1) is 16.0. The van der Waals surface area contributed by atoms with Crippen LogP contribution in [-0.2, 0) is 0 Å². The summed E-state index contributed by atoms with van der Waals surface area (Å²) in [4.78, 5) is 19.8. The van der Waals surface area contributed by atoms with Crippen LogP contribution in [0.1, 0.15) is 35.5 Å². The van der Waals surface area contributed by atoms with Gasteiger partial charge < -0.3 is 14.4 Å². The van der Waals surface area contributed by atoms with E-state index in [0.717, 1.165) is 24.5 Å². The number of carbonyl (C=O) groups excluding carboxylic acids is 1. The van der Waals surface area contributed by atoms with Crippen molar-refractivity contribution in [3.8, 4) is 17.2 Å². The number of pyridine rings is 1. The highest BCUT2D eigenvalue weighted by atomic mass is 16.3. The second kappa shape index (κ2) is 9.56. The molecular weight excluding hydrogens is 416 g/mol. The summed E-state index contributed by atoms with van der Waals surface area (Å²) in [6, 6.07) is 18.2. The fraction of sp³-hybridized carbons (Fsp3) is 0.192. The number of phenolic OH excluding ortho intramolecular Hbond substituents is 1. The molecule has 4 aromatic rings. The number of furan rings is 1. The lowest BCUT2D eigenvalue weighted by molar-refractivity contribution is 0.0956. The van der Waals surface area contributed by atoms with E-state index < -0.39 is 0 Å². The molecule has 0 aliphatic rings. The van der Waals surface area contributed by atoms with Crippen molar-refractivity contribution in [2.45, 2.75) is 20.8 Å². The molecule has 7 heteroatoms. The molecule has 7 nitrogen and oxygen atoms in total. The molecule has 0 atom stereocenters. The van der Waals surface area contributed by atoms with Gasteiger partial charge in [0, 0.05) is 35.8 Å². The molecule has 0 radical (unpaired) electrons. The normalized spacial score (nSPS) is 11.2. The van der Waals surface area contributed by atoms with E-state index in [0.29, 0.717) is 33.5 Å². The maximum atomic E-state index is 13.0. The zero-order chi connectivity index (χ0) is 23.4. The van der Waals surface area contributed by atoms with E-state index in [1.807, 2.05) is 49.4 Å². The average molecular weight is 443 g/mol. The molecule has 168 valence electrons. The van der Waals surface area contributed by atoms with Gasteiger partial charge >= 0.3 is 0 Å². The average Bonchev–Trinajstić information content (AvgIpc) is 3.26. The number of carbonyl (C=O) groups is 1. The van der Waals surface area contributed by atoms with Crippen molar-refractivity contribution in [3.63, 3.8) is 0 Å².